The number of primary amides is 1. The number of fused-ring (bicyclic) bond motifs is 5. The predicted octanol–water partition coefficient (Wildman–Crippen LogP) is 5.52. The Morgan fingerprint density at radius 2 is 1.97 bits per heavy atom. The van der Waals surface area contributed by atoms with Gasteiger partial charge in [0, 0.05) is 40.6 Å². The molecule has 2 aliphatic rings. The summed E-state index contributed by atoms with van der Waals surface area (Å²) in [6.45, 7) is 10.2. The third kappa shape index (κ3) is 4.34. The molecule has 0 bridgehead atoms. The third-order valence-electron chi connectivity index (χ3n) is 7.44. The maximum atomic E-state index is 14.0. The molecule has 7 heteroatoms. The van der Waals surface area contributed by atoms with Crippen molar-refractivity contribution in [2.24, 2.45) is 11.7 Å². The first kappa shape index (κ1) is 24.6. The normalized spacial score (nSPS) is 16.1. The Hall–Kier alpha value is -3.06. The molecule has 0 saturated heterocycles. The summed E-state index contributed by atoms with van der Waals surface area (Å²) in [7, 11) is 0. The Balaban J connectivity index is 1.62. The van der Waals surface area contributed by atoms with Crippen molar-refractivity contribution in [3.8, 4) is 27.4 Å². The molecule has 4 heterocycles. The van der Waals surface area contributed by atoms with E-state index in [2.05, 4.69) is 55.0 Å². The zero-order valence-electron chi connectivity index (χ0n) is 21.6. The Labute approximate surface area is 217 Å². The molecule has 0 spiro atoms. The zero-order valence-corrected chi connectivity index (χ0v) is 22.4. The molecule has 3 aromatic rings. The minimum absolute atomic E-state index is 0.135. The topological polar surface area (TPSA) is 77.6 Å². The van der Waals surface area contributed by atoms with Crippen LogP contribution in [-0.4, -0.2) is 40.0 Å². The van der Waals surface area contributed by atoms with Gasteiger partial charge in [0.05, 0.1) is 12.3 Å². The van der Waals surface area contributed by atoms with E-state index in [0.29, 0.717) is 13.0 Å². The van der Waals surface area contributed by atoms with E-state index in [1.165, 1.54) is 21.6 Å². The van der Waals surface area contributed by atoms with E-state index in [9.17, 15) is 9.59 Å². The molecule has 6 nitrogen and oxygen atoms in total. The van der Waals surface area contributed by atoms with E-state index in [4.69, 9.17) is 10.5 Å². The van der Waals surface area contributed by atoms with Crippen LogP contribution in [0.5, 0.6) is 5.75 Å². The smallest absolute Gasteiger partial charge is 0.271 e. The van der Waals surface area contributed by atoms with Crippen LogP contribution in [0.1, 0.15) is 62.2 Å². The molecular formula is C29H35N3O3S. The lowest BCUT2D eigenvalue weighted by Crippen LogP contribution is -2.46. The highest BCUT2D eigenvalue weighted by Crippen LogP contribution is 2.47. The van der Waals surface area contributed by atoms with Gasteiger partial charge in [-0.1, -0.05) is 19.1 Å². The molecule has 0 saturated carbocycles. The molecular weight excluding hydrogens is 470 g/mol. The van der Waals surface area contributed by atoms with Crippen LogP contribution in [0.3, 0.4) is 0 Å². The molecule has 1 atom stereocenters. The predicted molar refractivity (Wildman–Crippen MR) is 144 cm³/mol. The van der Waals surface area contributed by atoms with Gasteiger partial charge >= 0.3 is 0 Å². The molecule has 2 amide bonds. The van der Waals surface area contributed by atoms with Crippen LogP contribution >= 0.6 is 11.3 Å². The first-order valence-corrected chi connectivity index (χ1v) is 13.7. The van der Waals surface area contributed by atoms with E-state index in [-0.39, 0.29) is 23.3 Å². The van der Waals surface area contributed by atoms with Crippen molar-refractivity contribution in [1.82, 2.24) is 9.47 Å². The number of benzene rings is 1. The fraction of sp³-hybridized carbons (Fsp3) is 0.448. The largest absolute Gasteiger partial charge is 0.494 e. The summed E-state index contributed by atoms with van der Waals surface area (Å²) >= 11 is 1.73. The third-order valence-corrected chi connectivity index (χ3v) is 8.33. The lowest BCUT2D eigenvalue weighted by Gasteiger charge is -2.35. The van der Waals surface area contributed by atoms with Crippen LogP contribution < -0.4 is 10.5 Å². The monoisotopic (exact) mass is 505 g/mol. The Morgan fingerprint density at radius 1 is 1.17 bits per heavy atom. The Morgan fingerprint density at radius 3 is 2.67 bits per heavy atom. The van der Waals surface area contributed by atoms with Crippen molar-refractivity contribution in [3.05, 3.63) is 52.5 Å². The van der Waals surface area contributed by atoms with Crippen molar-refractivity contribution < 1.29 is 14.3 Å². The van der Waals surface area contributed by atoms with Crippen LogP contribution in [0.2, 0.25) is 0 Å². The average molecular weight is 506 g/mol. The number of carbonyl (C=O) groups excluding carboxylic acids is 2. The minimum Gasteiger partial charge on any atom is -0.494 e. The van der Waals surface area contributed by atoms with Gasteiger partial charge in [-0.25, -0.2) is 0 Å². The average Bonchev–Trinajstić information content (AvgIpc) is 3.42. The Bertz CT molecular complexity index is 1300. The fourth-order valence-electron chi connectivity index (χ4n) is 5.44. The highest BCUT2D eigenvalue weighted by atomic mass is 32.1. The first-order chi connectivity index (χ1) is 17.2. The first-order valence-electron chi connectivity index (χ1n) is 12.8. The summed E-state index contributed by atoms with van der Waals surface area (Å²) in [5.41, 5.74) is 11.9. The van der Waals surface area contributed by atoms with Gasteiger partial charge < -0.3 is 19.9 Å². The summed E-state index contributed by atoms with van der Waals surface area (Å²) < 4.78 is 8.33. The minimum atomic E-state index is -0.307. The quantitative estimate of drug-likeness (QED) is 0.479. The van der Waals surface area contributed by atoms with Gasteiger partial charge in [0.25, 0.3) is 5.91 Å². The molecule has 0 radical (unpaired) electrons. The summed E-state index contributed by atoms with van der Waals surface area (Å²) in [5.74, 6) is 0.376. The van der Waals surface area contributed by atoms with Crippen LogP contribution in [0.25, 0.3) is 21.7 Å². The van der Waals surface area contributed by atoms with Gasteiger partial charge in [0.1, 0.15) is 11.4 Å². The number of aromatic nitrogens is 1. The van der Waals surface area contributed by atoms with Gasteiger partial charge in [-0.15, -0.1) is 11.3 Å². The van der Waals surface area contributed by atoms with Crippen LogP contribution in [0.4, 0.5) is 0 Å². The van der Waals surface area contributed by atoms with E-state index in [1.807, 2.05) is 17.9 Å². The molecule has 5 rings (SSSR count). The zero-order chi connectivity index (χ0) is 25.6. The molecule has 0 aliphatic carbocycles. The summed E-state index contributed by atoms with van der Waals surface area (Å²) in [6, 6.07) is 10.5. The lowest BCUT2D eigenvalue weighted by molar-refractivity contribution is -0.121. The molecule has 1 unspecified atom stereocenters. The molecule has 36 heavy (non-hydrogen) atoms. The second kappa shape index (κ2) is 9.43. The highest BCUT2D eigenvalue weighted by Gasteiger charge is 2.38. The summed E-state index contributed by atoms with van der Waals surface area (Å²) in [6.07, 6.45) is 3.28. The molecule has 2 N–H and O–H groups in total. The number of rotatable bonds is 6. The van der Waals surface area contributed by atoms with Crippen molar-refractivity contribution >= 4 is 23.2 Å². The summed E-state index contributed by atoms with van der Waals surface area (Å²) in [4.78, 5) is 28.7. The number of amides is 2. The van der Waals surface area contributed by atoms with E-state index in [1.54, 1.807) is 11.3 Å². The van der Waals surface area contributed by atoms with Crippen molar-refractivity contribution in [3.63, 3.8) is 0 Å². The van der Waals surface area contributed by atoms with E-state index >= 15 is 0 Å². The van der Waals surface area contributed by atoms with Crippen molar-refractivity contribution in [2.75, 3.05) is 13.2 Å². The van der Waals surface area contributed by atoms with E-state index < -0.39 is 0 Å². The van der Waals surface area contributed by atoms with Gasteiger partial charge in [-0.2, -0.15) is 0 Å². The van der Waals surface area contributed by atoms with Crippen molar-refractivity contribution in [2.45, 2.75) is 65.5 Å². The van der Waals surface area contributed by atoms with Gasteiger partial charge in [0.15, 0.2) is 0 Å². The number of nitrogens with zero attached hydrogens (tertiary/aromatic N) is 2. The number of thiophene rings is 1. The molecule has 2 aromatic heterocycles. The van der Waals surface area contributed by atoms with E-state index in [0.717, 1.165) is 55.1 Å². The maximum Gasteiger partial charge on any atom is 0.271 e. The number of carbonyl (C=O) groups is 2. The number of nitrogens with two attached hydrogens (primary N) is 1. The molecule has 1 aromatic carbocycles. The SMILES string of the molecule is CC(CCOc1ccc2c(c1)-c1c(-c3cccs3)c3c(n1CC2)C(=O)N(C(C)(C)C)CCC3)C(N)=O. The molecule has 2 aliphatic heterocycles. The standard InChI is InChI=1S/C29H35N3O3S/c1-18(27(30)33)12-15-35-20-10-9-19-11-14-31-25(22(19)17-20)24(23-8-6-16-36-23)21-7-5-13-32(29(2,3)4)28(34)26(21)31/h6,8-10,16-18H,5,7,11-15H2,1-4H3,(H2,30,33). The van der Waals surface area contributed by atoms with Crippen molar-refractivity contribution in [1.29, 1.82) is 0 Å². The number of hydrogen-bond donors (Lipinski definition) is 1. The number of aryl methyl sites for hydroxylation is 1. The van der Waals surface area contributed by atoms with Gasteiger partial charge in [-0.3, -0.25) is 9.59 Å². The van der Waals surface area contributed by atoms with Crippen LogP contribution in [0.15, 0.2) is 35.7 Å². The molecule has 190 valence electrons. The Kier molecular flexibility index (Phi) is 6.45. The second-order valence-electron chi connectivity index (χ2n) is 10.9. The van der Waals surface area contributed by atoms with Crippen LogP contribution in [0, 0.1) is 5.92 Å². The fourth-order valence-corrected chi connectivity index (χ4v) is 6.24. The van der Waals surface area contributed by atoms with Crippen LogP contribution in [-0.2, 0) is 24.2 Å². The maximum absolute atomic E-state index is 14.0. The molecule has 0 fully saturated rings. The summed E-state index contributed by atoms with van der Waals surface area (Å²) in [5, 5.41) is 2.11. The number of hydrogen-bond acceptors (Lipinski definition) is 4. The van der Waals surface area contributed by atoms with Gasteiger partial charge in [0.2, 0.25) is 5.91 Å². The lowest BCUT2D eigenvalue weighted by atomic mass is 9.94. The number of ether oxygens (including phenoxy) is 1. The van der Waals surface area contributed by atoms with Gasteiger partial charge in [-0.05, 0) is 81.2 Å². The highest BCUT2D eigenvalue weighted by molar-refractivity contribution is 7.13. The second-order valence-corrected chi connectivity index (χ2v) is 11.9.